The van der Waals surface area contributed by atoms with Crippen LogP contribution >= 0.6 is 0 Å². The fraction of sp³-hybridized carbons (Fsp3) is 0.0909. The van der Waals surface area contributed by atoms with E-state index < -0.39 is 0 Å². The van der Waals surface area contributed by atoms with Crippen LogP contribution in [-0.4, -0.2) is 4.57 Å². The van der Waals surface area contributed by atoms with Crippen molar-refractivity contribution < 1.29 is 0 Å². The van der Waals surface area contributed by atoms with Gasteiger partial charge in [0.2, 0.25) is 0 Å². The molecule has 0 amide bonds. The van der Waals surface area contributed by atoms with E-state index in [1.807, 2.05) is 0 Å². The molecule has 1 heteroatoms. The maximum absolute atomic E-state index is 2.44. The Balaban J connectivity index is 1.55. The Kier molecular flexibility index (Phi) is 3.96. The van der Waals surface area contributed by atoms with Crippen LogP contribution in [-0.2, 0) is 12.5 Å². The summed E-state index contributed by atoms with van der Waals surface area (Å²) in [4.78, 5) is 0. The van der Waals surface area contributed by atoms with Crippen LogP contribution in [0.1, 0.15) is 23.6 Å². The van der Waals surface area contributed by atoms with E-state index in [0.29, 0.717) is 0 Å². The zero-order valence-electron chi connectivity index (χ0n) is 19.4. The molecule has 1 aliphatic carbocycles. The van der Waals surface area contributed by atoms with Crippen molar-refractivity contribution in [2.24, 2.45) is 7.05 Å². The van der Waals surface area contributed by atoms with E-state index in [1.165, 1.54) is 60.8 Å². The summed E-state index contributed by atoms with van der Waals surface area (Å²) in [6.45, 7) is 2.38. The molecule has 0 bridgehead atoms. The van der Waals surface area contributed by atoms with Gasteiger partial charge in [0.15, 0.2) is 0 Å². The second kappa shape index (κ2) is 6.95. The molecule has 34 heavy (non-hydrogen) atoms. The van der Waals surface area contributed by atoms with Gasteiger partial charge in [-0.3, -0.25) is 0 Å². The second-order valence-corrected chi connectivity index (χ2v) is 9.61. The molecule has 162 valence electrons. The lowest BCUT2D eigenvalue weighted by atomic mass is 9.74. The number of aromatic nitrogens is 1. The highest BCUT2D eigenvalue weighted by molar-refractivity contribution is 6.11. The van der Waals surface area contributed by atoms with Gasteiger partial charge in [-0.25, -0.2) is 0 Å². The molecule has 1 aromatic heterocycles. The third kappa shape index (κ3) is 2.50. The van der Waals surface area contributed by atoms with Crippen molar-refractivity contribution in [1.82, 2.24) is 4.57 Å². The van der Waals surface area contributed by atoms with Crippen LogP contribution in [0.15, 0.2) is 115 Å². The fourth-order valence-corrected chi connectivity index (χ4v) is 6.08. The minimum absolute atomic E-state index is 0.174. The van der Waals surface area contributed by atoms with Crippen LogP contribution in [0, 0.1) is 0 Å². The van der Waals surface area contributed by atoms with Crippen molar-refractivity contribution in [2.45, 2.75) is 12.3 Å². The zero-order valence-corrected chi connectivity index (χ0v) is 19.4. The molecule has 1 nitrogen and oxygen atoms in total. The normalized spacial score (nSPS) is 16.6. The molecule has 0 aliphatic heterocycles. The Morgan fingerprint density at radius 2 is 1.21 bits per heavy atom. The molecule has 1 heterocycles. The summed E-state index contributed by atoms with van der Waals surface area (Å²) in [6.07, 6.45) is 0. The molecule has 0 saturated carbocycles. The molecule has 1 aliphatic rings. The van der Waals surface area contributed by atoms with Gasteiger partial charge in [-0.05, 0) is 70.1 Å². The number of fused-ring (bicyclic) bond motifs is 6. The minimum Gasteiger partial charge on any atom is -0.344 e. The van der Waals surface area contributed by atoms with Gasteiger partial charge in [-0.1, -0.05) is 91.0 Å². The highest BCUT2D eigenvalue weighted by atomic mass is 14.9. The Hall–Kier alpha value is -4.10. The third-order valence-electron chi connectivity index (χ3n) is 7.90. The van der Waals surface area contributed by atoms with Crippen LogP contribution in [0.25, 0.3) is 44.1 Å². The van der Waals surface area contributed by atoms with E-state index >= 15 is 0 Å². The monoisotopic (exact) mass is 435 g/mol. The number of benzene rings is 5. The smallest absolute Gasteiger partial charge is 0.0492 e. The Morgan fingerprint density at radius 3 is 2.00 bits per heavy atom. The highest BCUT2D eigenvalue weighted by Gasteiger charge is 2.41. The van der Waals surface area contributed by atoms with Crippen LogP contribution in [0.2, 0.25) is 0 Å². The third-order valence-corrected chi connectivity index (χ3v) is 7.90. The highest BCUT2D eigenvalue weighted by Crippen LogP contribution is 2.53. The molecule has 6 aromatic rings. The molecular weight excluding hydrogens is 410 g/mol. The quantitative estimate of drug-likeness (QED) is 0.258. The molecule has 0 N–H and O–H groups in total. The molecule has 0 radical (unpaired) electrons. The summed E-state index contributed by atoms with van der Waals surface area (Å²) in [5.41, 5.74) is 11.7. The van der Waals surface area contributed by atoms with Gasteiger partial charge >= 0.3 is 0 Å². The number of rotatable bonds is 2. The van der Waals surface area contributed by atoms with E-state index in [-0.39, 0.29) is 5.41 Å². The lowest BCUT2D eigenvalue weighted by Crippen LogP contribution is -2.22. The van der Waals surface area contributed by atoms with E-state index in [4.69, 9.17) is 0 Å². The predicted octanol–water partition coefficient (Wildman–Crippen LogP) is 8.33. The van der Waals surface area contributed by atoms with E-state index in [9.17, 15) is 0 Å². The first-order valence-corrected chi connectivity index (χ1v) is 11.9. The summed E-state index contributed by atoms with van der Waals surface area (Å²) >= 11 is 0. The summed E-state index contributed by atoms with van der Waals surface area (Å²) < 4.78 is 2.36. The topological polar surface area (TPSA) is 4.93 Å². The van der Waals surface area contributed by atoms with Crippen LogP contribution in [0.5, 0.6) is 0 Å². The summed E-state index contributed by atoms with van der Waals surface area (Å²) in [5, 5.41) is 2.63. The summed E-state index contributed by atoms with van der Waals surface area (Å²) in [6, 6.07) is 42.3. The second-order valence-electron chi connectivity index (χ2n) is 9.61. The SMILES string of the molecule is Cn1c2ccc(-c3ccccc3)cc2c2cc3c(cc21)C(C)(c1ccccc1)c1ccccc1-3. The molecule has 7 rings (SSSR count). The first kappa shape index (κ1) is 19.4. The summed E-state index contributed by atoms with van der Waals surface area (Å²) in [7, 11) is 2.20. The number of hydrogen-bond donors (Lipinski definition) is 0. The molecule has 1 atom stereocenters. The van der Waals surface area contributed by atoms with Crippen molar-refractivity contribution in [3.05, 3.63) is 132 Å². The molecular formula is C33H25N. The molecule has 0 fully saturated rings. The first-order valence-electron chi connectivity index (χ1n) is 11.9. The Morgan fingerprint density at radius 1 is 0.529 bits per heavy atom. The number of aryl methyl sites for hydroxylation is 1. The van der Waals surface area contributed by atoms with Crippen molar-refractivity contribution in [3.8, 4) is 22.3 Å². The maximum Gasteiger partial charge on any atom is 0.0492 e. The van der Waals surface area contributed by atoms with Crippen molar-refractivity contribution >= 4 is 21.8 Å². The predicted molar refractivity (Wildman–Crippen MR) is 143 cm³/mol. The minimum atomic E-state index is -0.174. The van der Waals surface area contributed by atoms with Crippen LogP contribution in [0.3, 0.4) is 0 Å². The number of hydrogen-bond acceptors (Lipinski definition) is 0. The summed E-state index contributed by atoms with van der Waals surface area (Å²) in [5.74, 6) is 0. The van der Waals surface area contributed by atoms with E-state index in [0.717, 1.165) is 0 Å². The van der Waals surface area contributed by atoms with Crippen molar-refractivity contribution in [1.29, 1.82) is 0 Å². The van der Waals surface area contributed by atoms with Gasteiger partial charge in [0, 0.05) is 34.3 Å². The lowest BCUT2D eigenvalue weighted by Gasteiger charge is -2.28. The van der Waals surface area contributed by atoms with Gasteiger partial charge in [0.1, 0.15) is 0 Å². The Bertz CT molecular complexity index is 1710. The van der Waals surface area contributed by atoms with Gasteiger partial charge in [0.25, 0.3) is 0 Å². The molecule has 0 saturated heterocycles. The van der Waals surface area contributed by atoms with Crippen molar-refractivity contribution in [3.63, 3.8) is 0 Å². The maximum atomic E-state index is 2.44. The average Bonchev–Trinajstić information content (AvgIpc) is 3.33. The van der Waals surface area contributed by atoms with E-state index in [1.54, 1.807) is 0 Å². The number of nitrogens with zero attached hydrogens (tertiary/aromatic N) is 1. The zero-order chi connectivity index (χ0) is 22.9. The standard InChI is InChI=1S/C33H25N/c1-33(24-13-7-4-8-14-24)29-16-10-9-15-25(29)26-20-28-27-19-23(22-11-5-3-6-12-22)17-18-31(27)34(2)32(28)21-30(26)33/h3-21H,1-2H3. The Labute approximate surface area is 199 Å². The van der Waals surface area contributed by atoms with Gasteiger partial charge in [-0.2, -0.15) is 0 Å². The first-order chi connectivity index (χ1) is 16.7. The molecule has 0 spiro atoms. The van der Waals surface area contributed by atoms with Gasteiger partial charge in [-0.15, -0.1) is 0 Å². The van der Waals surface area contributed by atoms with E-state index in [2.05, 4.69) is 134 Å². The lowest BCUT2D eigenvalue weighted by molar-refractivity contribution is 0.714. The average molecular weight is 436 g/mol. The van der Waals surface area contributed by atoms with Crippen LogP contribution in [0.4, 0.5) is 0 Å². The van der Waals surface area contributed by atoms with Gasteiger partial charge in [0.05, 0.1) is 0 Å². The van der Waals surface area contributed by atoms with Crippen LogP contribution < -0.4 is 0 Å². The van der Waals surface area contributed by atoms with Gasteiger partial charge < -0.3 is 4.57 Å². The fourth-order valence-electron chi connectivity index (χ4n) is 6.08. The molecule has 5 aromatic carbocycles. The largest absolute Gasteiger partial charge is 0.344 e. The van der Waals surface area contributed by atoms with Crippen molar-refractivity contribution in [2.75, 3.05) is 0 Å². The molecule has 1 unspecified atom stereocenters.